The van der Waals surface area contributed by atoms with Crippen molar-refractivity contribution in [2.75, 3.05) is 19.6 Å². The van der Waals surface area contributed by atoms with Crippen LogP contribution in [0, 0.1) is 16.0 Å². The first-order valence-electron chi connectivity index (χ1n) is 9.24. The van der Waals surface area contributed by atoms with Crippen LogP contribution in [0.4, 0.5) is 5.69 Å². The minimum absolute atomic E-state index is 0.172. The molecule has 1 fully saturated rings. The summed E-state index contributed by atoms with van der Waals surface area (Å²) >= 11 is 0. The van der Waals surface area contributed by atoms with Gasteiger partial charge < -0.3 is 4.90 Å². The monoisotopic (exact) mass is 336 g/mol. The SMILES string of the molecule is O=[N+]([O-])c1ccc(CCN2CC[C@H]3c4ccccc4CC[C@@H]3C2)cc1. The summed E-state index contributed by atoms with van der Waals surface area (Å²) in [6.07, 6.45) is 4.73. The average Bonchev–Trinajstić information content (AvgIpc) is 2.66. The molecule has 4 rings (SSSR count). The van der Waals surface area contributed by atoms with Crippen LogP contribution in [0.1, 0.15) is 35.4 Å². The molecule has 4 nitrogen and oxygen atoms in total. The molecule has 2 aliphatic rings. The predicted octanol–water partition coefficient (Wildman–Crippen LogP) is 4.19. The zero-order valence-corrected chi connectivity index (χ0v) is 14.4. The number of nitro groups is 1. The number of benzene rings is 2. The Labute approximate surface area is 148 Å². The van der Waals surface area contributed by atoms with E-state index in [-0.39, 0.29) is 10.6 Å². The maximum absolute atomic E-state index is 10.7. The van der Waals surface area contributed by atoms with Crippen LogP contribution in [0.5, 0.6) is 0 Å². The van der Waals surface area contributed by atoms with Crippen LogP contribution in [0.3, 0.4) is 0 Å². The highest BCUT2D eigenvalue weighted by atomic mass is 16.6. The zero-order chi connectivity index (χ0) is 17.2. The average molecular weight is 336 g/mol. The molecule has 25 heavy (non-hydrogen) atoms. The summed E-state index contributed by atoms with van der Waals surface area (Å²) in [5.41, 5.74) is 4.50. The molecular weight excluding hydrogens is 312 g/mol. The molecule has 0 N–H and O–H groups in total. The van der Waals surface area contributed by atoms with E-state index in [0.717, 1.165) is 31.3 Å². The smallest absolute Gasteiger partial charge is 0.269 e. The summed E-state index contributed by atoms with van der Waals surface area (Å²) in [5, 5.41) is 10.7. The third kappa shape index (κ3) is 3.45. The molecule has 0 bridgehead atoms. The van der Waals surface area contributed by atoms with Crippen LogP contribution in [0.2, 0.25) is 0 Å². The van der Waals surface area contributed by atoms with Gasteiger partial charge in [0.25, 0.3) is 5.69 Å². The van der Waals surface area contributed by atoms with Crippen LogP contribution in [-0.2, 0) is 12.8 Å². The lowest BCUT2D eigenvalue weighted by atomic mass is 9.71. The van der Waals surface area contributed by atoms with Crippen LogP contribution in [0.15, 0.2) is 48.5 Å². The second-order valence-electron chi connectivity index (χ2n) is 7.37. The Bertz CT molecular complexity index is 757. The van der Waals surface area contributed by atoms with Crippen LogP contribution >= 0.6 is 0 Å². The van der Waals surface area contributed by atoms with E-state index in [0.29, 0.717) is 0 Å². The second-order valence-corrected chi connectivity index (χ2v) is 7.37. The fraction of sp³-hybridized carbons (Fsp3) is 0.429. The predicted molar refractivity (Wildman–Crippen MR) is 98.9 cm³/mol. The number of hydrogen-bond donors (Lipinski definition) is 0. The van der Waals surface area contributed by atoms with E-state index in [2.05, 4.69) is 29.2 Å². The molecule has 0 unspecified atom stereocenters. The Kier molecular flexibility index (Phi) is 4.53. The van der Waals surface area contributed by atoms with E-state index in [9.17, 15) is 10.1 Å². The molecule has 2 aromatic carbocycles. The van der Waals surface area contributed by atoms with E-state index in [1.54, 1.807) is 23.3 Å². The first-order valence-corrected chi connectivity index (χ1v) is 9.24. The van der Waals surface area contributed by atoms with Gasteiger partial charge in [-0.3, -0.25) is 10.1 Å². The molecule has 0 radical (unpaired) electrons. The van der Waals surface area contributed by atoms with Gasteiger partial charge in [0.1, 0.15) is 0 Å². The highest BCUT2D eigenvalue weighted by Crippen LogP contribution is 2.41. The van der Waals surface area contributed by atoms with Crippen LogP contribution < -0.4 is 0 Å². The van der Waals surface area contributed by atoms with Crippen LogP contribution in [-0.4, -0.2) is 29.5 Å². The van der Waals surface area contributed by atoms with Crippen molar-refractivity contribution < 1.29 is 4.92 Å². The molecule has 0 amide bonds. The molecule has 0 aromatic heterocycles. The molecule has 2 atom stereocenters. The lowest BCUT2D eigenvalue weighted by molar-refractivity contribution is -0.384. The van der Waals surface area contributed by atoms with Crippen LogP contribution in [0.25, 0.3) is 0 Å². The van der Waals surface area contributed by atoms with Gasteiger partial charge in [-0.15, -0.1) is 0 Å². The molecule has 0 saturated carbocycles. The van der Waals surface area contributed by atoms with Gasteiger partial charge >= 0.3 is 0 Å². The third-order valence-electron chi connectivity index (χ3n) is 5.92. The van der Waals surface area contributed by atoms with E-state index in [4.69, 9.17) is 0 Å². The number of aryl methyl sites for hydroxylation is 1. The zero-order valence-electron chi connectivity index (χ0n) is 14.4. The van der Waals surface area contributed by atoms with Crippen molar-refractivity contribution >= 4 is 5.69 Å². The standard InChI is InChI=1S/C21H24N2O2/c24-23(25)19-9-5-16(6-10-19)11-13-22-14-12-21-18(15-22)8-7-17-3-1-2-4-20(17)21/h1-6,9-10,18,21H,7-8,11-15H2/t18-,21-/m1/s1. The maximum atomic E-state index is 10.7. The topological polar surface area (TPSA) is 46.4 Å². The summed E-state index contributed by atoms with van der Waals surface area (Å²) in [7, 11) is 0. The largest absolute Gasteiger partial charge is 0.303 e. The van der Waals surface area contributed by atoms with Crippen molar-refractivity contribution in [3.05, 3.63) is 75.3 Å². The molecule has 1 heterocycles. The number of nitro benzene ring substituents is 1. The Morgan fingerprint density at radius 3 is 2.68 bits per heavy atom. The molecule has 130 valence electrons. The summed E-state index contributed by atoms with van der Waals surface area (Å²) in [5.74, 6) is 1.51. The van der Waals surface area contributed by atoms with Crippen molar-refractivity contribution in [3.63, 3.8) is 0 Å². The number of nitrogens with zero attached hydrogens (tertiary/aromatic N) is 2. The molecule has 0 spiro atoms. The van der Waals surface area contributed by atoms with E-state index >= 15 is 0 Å². The van der Waals surface area contributed by atoms with Gasteiger partial charge in [-0.1, -0.05) is 36.4 Å². The maximum Gasteiger partial charge on any atom is 0.269 e. The molecule has 4 heteroatoms. The highest BCUT2D eigenvalue weighted by Gasteiger charge is 2.33. The Morgan fingerprint density at radius 1 is 1.08 bits per heavy atom. The first kappa shape index (κ1) is 16.3. The summed E-state index contributed by atoms with van der Waals surface area (Å²) in [6.45, 7) is 3.39. The lowest BCUT2D eigenvalue weighted by Crippen LogP contribution is -2.42. The van der Waals surface area contributed by atoms with Gasteiger partial charge in [-0.25, -0.2) is 0 Å². The van der Waals surface area contributed by atoms with Gasteiger partial charge in [0.15, 0.2) is 0 Å². The fourth-order valence-electron chi connectivity index (χ4n) is 4.55. The van der Waals surface area contributed by atoms with E-state index in [1.165, 1.54) is 31.4 Å². The fourth-order valence-corrected chi connectivity index (χ4v) is 4.55. The normalized spacial score (nSPS) is 22.9. The van der Waals surface area contributed by atoms with Crippen molar-refractivity contribution in [1.29, 1.82) is 0 Å². The number of piperidine rings is 1. The number of likely N-dealkylation sites (tertiary alicyclic amines) is 1. The van der Waals surface area contributed by atoms with Gasteiger partial charge in [0.05, 0.1) is 4.92 Å². The highest BCUT2D eigenvalue weighted by molar-refractivity contribution is 5.34. The minimum Gasteiger partial charge on any atom is -0.303 e. The third-order valence-corrected chi connectivity index (χ3v) is 5.92. The molecule has 1 aliphatic heterocycles. The first-order chi connectivity index (χ1) is 12.2. The number of non-ortho nitro benzene ring substituents is 1. The summed E-state index contributed by atoms with van der Waals surface area (Å²) in [6, 6.07) is 16.0. The quantitative estimate of drug-likeness (QED) is 0.621. The molecular formula is C21H24N2O2. The number of hydrogen-bond acceptors (Lipinski definition) is 3. The van der Waals surface area contributed by atoms with Crippen molar-refractivity contribution in [2.45, 2.75) is 31.6 Å². The van der Waals surface area contributed by atoms with Gasteiger partial charge in [0.2, 0.25) is 0 Å². The number of rotatable bonds is 4. The van der Waals surface area contributed by atoms with Crippen molar-refractivity contribution in [2.24, 2.45) is 5.92 Å². The van der Waals surface area contributed by atoms with E-state index < -0.39 is 0 Å². The van der Waals surface area contributed by atoms with Crippen molar-refractivity contribution in [3.8, 4) is 0 Å². The van der Waals surface area contributed by atoms with E-state index in [1.807, 2.05) is 12.1 Å². The Hall–Kier alpha value is -2.20. The minimum atomic E-state index is -0.338. The Morgan fingerprint density at radius 2 is 1.88 bits per heavy atom. The lowest BCUT2D eigenvalue weighted by Gasteiger charge is -2.42. The van der Waals surface area contributed by atoms with Gasteiger partial charge in [0, 0.05) is 25.2 Å². The molecule has 2 aromatic rings. The second kappa shape index (κ2) is 6.96. The molecule has 1 aliphatic carbocycles. The van der Waals surface area contributed by atoms with Gasteiger partial charge in [-0.05, 0) is 60.8 Å². The number of fused-ring (bicyclic) bond motifs is 3. The molecule has 1 saturated heterocycles. The summed E-state index contributed by atoms with van der Waals surface area (Å²) in [4.78, 5) is 13.0. The Balaban J connectivity index is 1.35. The van der Waals surface area contributed by atoms with Crippen molar-refractivity contribution in [1.82, 2.24) is 4.90 Å². The summed E-state index contributed by atoms with van der Waals surface area (Å²) < 4.78 is 0. The van der Waals surface area contributed by atoms with Gasteiger partial charge in [-0.2, -0.15) is 0 Å².